The van der Waals surface area contributed by atoms with Gasteiger partial charge >= 0.3 is 0 Å². The van der Waals surface area contributed by atoms with Gasteiger partial charge in [-0.3, -0.25) is 0 Å². The molecule has 0 aliphatic heterocycles. The molecule has 1 heterocycles. The molecule has 114 valence electrons. The van der Waals surface area contributed by atoms with Gasteiger partial charge in [0.15, 0.2) is 0 Å². The van der Waals surface area contributed by atoms with Crippen LogP contribution in [-0.2, 0) is 19.7 Å². The number of imidazole rings is 1. The predicted molar refractivity (Wildman–Crippen MR) is 85.3 cm³/mol. The molecule has 0 spiro atoms. The van der Waals surface area contributed by atoms with Crippen LogP contribution in [0.4, 0.5) is 0 Å². The summed E-state index contributed by atoms with van der Waals surface area (Å²) in [7, 11) is 0. The van der Waals surface area contributed by atoms with Crippen LogP contribution in [-0.4, -0.2) is 15.1 Å². The minimum atomic E-state index is 0.114. The minimum absolute atomic E-state index is 0.114. The van der Waals surface area contributed by atoms with Crippen molar-refractivity contribution in [1.29, 1.82) is 0 Å². The van der Waals surface area contributed by atoms with Gasteiger partial charge in [0.25, 0.3) is 0 Å². The highest BCUT2D eigenvalue weighted by molar-refractivity contribution is 5.28. The van der Waals surface area contributed by atoms with E-state index in [0.29, 0.717) is 6.61 Å². The first kappa shape index (κ1) is 15.6. The fourth-order valence-corrected chi connectivity index (χ4v) is 2.03. The van der Waals surface area contributed by atoms with Crippen molar-refractivity contribution in [3.05, 3.63) is 48.0 Å². The normalized spacial score (nSPS) is 11.6. The van der Waals surface area contributed by atoms with E-state index >= 15 is 0 Å². The van der Waals surface area contributed by atoms with Crippen molar-refractivity contribution < 1.29 is 4.74 Å². The fraction of sp³-hybridized carbons (Fsp3) is 0.471. The number of aromatic nitrogens is 2. The lowest BCUT2D eigenvalue weighted by molar-refractivity contribution is 0.289. The summed E-state index contributed by atoms with van der Waals surface area (Å²) >= 11 is 0. The second-order valence-electron chi connectivity index (χ2n) is 6.17. The lowest BCUT2D eigenvalue weighted by Gasteiger charge is -2.20. The van der Waals surface area contributed by atoms with Crippen molar-refractivity contribution in [1.82, 2.24) is 14.9 Å². The highest BCUT2D eigenvalue weighted by Gasteiger charge is 2.09. The van der Waals surface area contributed by atoms with Gasteiger partial charge in [0.1, 0.15) is 18.2 Å². The van der Waals surface area contributed by atoms with Gasteiger partial charge in [0, 0.05) is 31.0 Å². The zero-order valence-corrected chi connectivity index (χ0v) is 13.4. The van der Waals surface area contributed by atoms with E-state index in [1.54, 1.807) is 0 Å². The molecule has 2 rings (SSSR count). The van der Waals surface area contributed by atoms with Crippen LogP contribution in [0.1, 0.15) is 39.1 Å². The lowest BCUT2D eigenvalue weighted by Crippen LogP contribution is -2.35. The van der Waals surface area contributed by atoms with Gasteiger partial charge in [-0.05, 0) is 45.4 Å². The first-order chi connectivity index (χ1) is 9.98. The number of aryl methyl sites for hydroxylation is 1. The van der Waals surface area contributed by atoms with Crippen LogP contribution < -0.4 is 10.1 Å². The summed E-state index contributed by atoms with van der Waals surface area (Å²) in [6, 6.07) is 8.21. The predicted octanol–water partition coefficient (Wildman–Crippen LogP) is 3.37. The van der Waals surface area contributed by atoms with E-state index in [2.05, 4.69) is 54.7 Å². The molecule has 0 atom stereocenters. The molecule has 0 aliphatic rings. The quantitative estimate of drug-likeness (QED) is 0.885. The average Bonchev–Trinajstić information content (AvgIpc) is 2.90. The summed E-state index contributed by atoms with van der Waals surface area (Å²) in [5.74, 6) is 1.84. The third kappa shape index (κ3) is 4.90. The van der Waals surface area contributed by atoms with Crippen molar-refractivity contribution in [3.8, 4) is 5.75 Å². The molecule has 0 bridgehead atoms. The molecular weight excluding hydrogens is 262 g/mol. The van der Waals surface area contributed by atoms with Crippen LogP contribution in [0.25, 0.3) is 0 Å². The number of benzene rings is 1. The molecule has 0 aliphatic carbocycles. The zero-order valence-electron chi connectivity index (χ0n) is 13.4. The maximum Gasteiger partial charge on any atom is 0.146 e. The van der Waals surface area contributed by atoms with Gasteiger partial charge in [-0.15, -0.1) is 0 Å². The summed E-state index contributed by atoms with van der Waals surface area (Å²) in [5.41, 5.74) is 1.34. The highest BCUT2D eigenvalue weighted by Crippen LogP contribution is 2.15. The molecule has 0 fully saturated rings. The molecule has 0 unspecified atom stereocenters. The molecule has 4 heteroatoms. The molecule has 0 saturated heterocycles. The van der Waals surface area contributed by atoms with Gasteiger partial charge in [0.05, 0.1) is 0 Å². The Morgan fingerprint density at radius 3 is 2.81 bits per heavy atom. The Labute approximate surface area is 127 Å². The van der Waals surface area contributed by atoms with Gasteiger partial charge in [-0.1, -0.05) is 12.1 Å². The molecule has 1 aromatic carbocycles. The Balaban J connectivity index is 1.95. The van der Waals surface area contributed by atoms with E-state index in [0.717, 1.165) is 24.7 Å². The van der Waals surface area contributed by atoms with Gasteiger partial charge in [-0.2, -0.15) is 0 Å². The van der Waals surface area contributed by atoms with Crippen LogP contribution in [0.15, 0.2) is 36.7 Å². The van der Waals surface area contributed by atoms with Gasteiger partial charge in [-0.25, -0.2) is 4.98 Å². The number of nitrogens with zero attached hydrogens (tertiary/aromatic N) is 2. The second-order valence-corrected chi connectivity index (χ2v) is 6.17. The van der Waals surface area contributed by atoms with Crippen LogP contribution in [0.3, 0.4) is 0 Å². The summed E-state index contributed by atoms with van der Waals surface area (Å²) < 4.78 is 7.94. The molecule has 1 aromatic heterocycles. The molecular formula is C17H25N3O. The van der Waals surface area contributed by atoms with Gasteiger partial charge < -0.3 is 14.6 Å². The summed E-state index contributed by atoms with van der Waals surface area (Å²) in [6.07, 6.45) is 3.79. The Hall–Kier alpha value is -1.81. The molecule has 2 aromatic rings. The summed E-state index contributed by atoms with van der Waals surface area (Å²) in [5, 5.41) is 3.48. The van der Waals surface area contributed by atoms with Crippen LogP contribution in [0.5, 0.6) is 5.75 Å². The van der Waals surface area contributed by atoms with E-state index in [1.165, 1.54) is 5.56 Å². The van der Waals surface area contributed by atoms with Crippen molar-refractivity contribution in [2.75, 3.05) is 0 Å². The maximum atomic E-state index is 5.85. The third-order valence-electron chi connectivity index (χ3n) is 3.23. The first-order valence-corrected chi connectivity index (χ1v) is 7.45. The maximum absolute atomic E-state index is 5.85. The van der Waals surface area contributed by atoms with Crippen molar-refractivity contribution in [2.24, 2.45) is 0 Å². The van der Waals surface area contributed by atoms with Crippen LogP contribution in [0.2, 0.25) is 0 Å². The van der Waals surface area contributed by atoms with Crippen LogP contribution in [0, 0.1) is 0 Å². The molecule has 0 amide bonds. The largest absolute Gasteiger partial charge is 0.486 e. The van der Waals surface area contributed by atoms with E-state index in [1.807, 2.05) is 24.5 Å². The van der Waals surface area contributed by atoms with E-state index in [-0.39, 0.29) is 5.54 Å². The Morgan fingerprint density at radius 1 is 1.29 bits per heavy atom. The van der Waals surface area contributed by atoms with Crippen molar-refractivity contribution >= 4 is 0 Å². The monoisotopic (exact) mass is 287 g/mol. The lowest BCUT2D eigenvalue weighted by atomic mass is 10.1. The third-order valence-corrected chi connectivity index (χ3v) is 3.23. The molecule has 21 heavy (non-hydrogen) atoms. The van der Waals surface area contributed by atoms with E-state index in [9.17, 15) is 0 Å². The van der Waals surface area contributed by atoms with Crippen molar-refractivity contribution in [2.45, 2.75) is 52.9 Å². The number of rotatable bonds is 6. The Kier molecular flexibility index (Phi) is 5.02. The number of hydrogen-bond donors (Lipinski definition) is 1. The second kappa shape index (κ2) is 6.76. The summed E-state index contributed by atoms with van der Waals surface area (Å²) in [4.78, 5) is 4.32. The molecule has 0 saturated carbocycles. The van der Waals surface area contributed by atoms with E-state index < -0.39 is 0 Å². The molecule has 1 N–H and O–H groups in total. The Bertz CT molecular complexity index is 569. The molecule has 0 radical (unpaired) electrons. The first-order valence-electron chi connectivity index (χ1n) is 7.45. The van der Waals surface area contributed by atoms with Crippen LogP contribution >= 0.6 is 0 Å². The Morgan fingerprint density at radius 2 is 2.10 bits per heavy atom. The van der Waals surface area contributed by atoms with Crippen molar-refractivity contribution in [3.63, 3.8) is 0 Å². The highest BCUT2D eigenvalue weighted by atomic mass is 16.5. The van der Waals surface area contributed by atoms with Gasteiger partial charge in [0.2, 0.25) is 0 Å². The smallest absolute Gasteiger partial charge is 0.146 e. The minimum Gasteiger partial charge on any atom is -0.486 e. The number of nitrogens with one attached hydrogen (secondary N) is 1. The van der Waals surface area contributed by atoms with E-state index in [4.69, 9.17) is 4.74 Å². The topological polar surface area (TPSA) is 39.1 Å². The number of ether oxygens (including phenoxy) is 1. The fourth-order valence-electron chi connectivity index (χ4n) is 2.03. The summed E-state index contributed by atoms with van der Waals surface area (Å²) in [6.45, 7) is 10.8. The SMILES string of the molecule is CCn1ccnc1COc1cccc(CNC(C)(C)C)c1. The zero-order chi connectivity index (χ0) is 15.3. The average molecular weight is 287 g/mol. The standard InChI is InChI=1S/C17H25N3O/c1-5-20-10-9-18-16(20)13-21-15-8-6-7-14(11-15)12-19-17(2,3)4/h6-11,19H,5,12-13H2,1-4H3. The number of hydrogen-bond acceptors (Lipinski definition) is 3. The molecule has 4 nitrogen and oxygen atoms in total.